The summed E-state index contributed by atoms with van der Waals surface area (Å²) in [4.78, 5) is 62.1. The lowest BCUT2D eigenvalue weighted by atomic mass is 9.98. The third-order valence-corrected chi connectivity index (χ3v) is 7.52. The molecule has 1 aliphatic rings. The zero-order valence-electron chi connectivity index (χ0n) is 26.5. The molecule has 1 saturated heterocycles. The number of carbonyl (C=O) groups excluding carboxylic acids is 4. The predicted octanol–water partition coefficient (Wildman–Crippen LogP) is 2.55. The predicted molar refractivity (Wildman–Crippen MR) is 165 cm³/mol. The number of hydrogen-bond donors (Lipinski definition) is 5. The number of nitrogens with two attached hydrogens (primary N) is 1. The van der Waals surface area contributed by atoms with E-state index in [1.165, 1.54) is 4.90 Å². The van der Waals surface area contributed by atoms with E-state index in [1.54, 1.807) is 14.0 Å². The SMILES string of the molecule is CN[C@@H](C)C(=O)N[C@H](C(=O)N1CCC[C@H]1C(=O)N[C@@H](Cc1cccc(-c2cccc(C)c2)c1)C(N)=O)C(C)C.O=C(O)C(F)(F)F. The lowest BCUT2D eigenvalue weighted by Gasteiger charge is -2.31. The van der Waals surface area contributed by atoms with E-state index in [-0.39, 0.29) is 24.2 Å². The second-order valence-electron chi connectivity index (χ2n) is 11.5. The Morgan fingerprint density at radius 3 is 2.11 bits per heavy atom. The van der Waals surface area contributed by atoms with E-state index in [0.29, 0.717) is 19.4 Å². The highest BCUT2D eigenvalue weighted by Crippen LogP contribution is 2.23. The summed E-state index contributed by atoms with van der Waals surface area (Å²) in [5.74, 6) is -4.58. The number of halogens is 3. The van der Waals surface area contributed by atoms with Gasteiger partial charge in [0.2, 0.25) is 23.6 Å². The number of carboxylic acid groups (broad SMARTS) is 1. The highest BCUT2D eigenvalue weighted by molar-refractivity contribution is 5.95. The standard InChI is InChI=1S/C30H41N5O4.C2HF3O2/c1-18(2)26(34-28(37)20(4)32-5)30(39)35-14-8-13-25(35)29(38)33-24(27(31)36)17-21-10-7-12-23(16-21)22-11-6-9-19(3)15-22;3-2(4,5)1(6)7/h6-7,9-12,15-16,18,20,24-26,32H,8,13-14,17H2,1-5H3,(H2,31,36)(H,33,38)(H,34,37);(H,6,7)/t20-,24-,25-,26-;/m0./s1. The molecule has 2 aromatic carbocycles. The second kappa shape index (κ2) is 16.7. The van der Waals surface area contributed by atoms with Crippen molar-refractivity contribution in [2.45, 2.75) is 77.3 Å². The first-order chi connectivity index (χ1) is 21.5. The van der Waals surface area contributed by atoms with Crippen molar-refractivity contribution >= 4 is 29.6 Å². The number of amides is 4. The Kier molecular flexibility index (Phi) is 13.7. The van der Waals surface area contributed by atoms with Crippen molar-refractivity contribution in [1.29, 1.82) is 0 Å². The first-order valence-electron chi connectivity index (χ1n) is 14.8. The molecule has 1 fully saturated rings. The maximum Gasteiger partial charge on any atom is 0.490 e. The van der Waals surface area contributed by atoms with Crippen molar-refractivity contribution in [3.63, 3.8) is 0 Å². The van der Waals surface area contributed by atoms with Crippen LogP contribution in [0.4, 0.5) is 13.2 Å². The topological polar surface area (TPSA) is 171 Å². The highest BCUT2D eigenvalue weighted by Gasteiger charge is 2.40. The fourth-order valence-electron chi connectivity index (χ4n) is 4.83. The molecule has 0 unspecified atom stereocenters. The van der Waals surface area contributed by atoms with Gasteiger partial charge in [-0.2, -0.15) is 13.2 Å². The number of primary amides is 1. The van der Waals surface area contributed by atoms with Gasteiger partial charge >= 0.3 is 12.1 Å². The Hall–Kier alpha value is -4.46. The number of nitrogens with one attached hydrogen (secondary N) is 3. The average molecular weight is 650 g/mol. The van der Waals surface area contributed by atoms with E-state index in [1.807, 2.05) is 63.2 Å². The molecule has 0 aliphatic carbocycles. The molecule has 3 rings (SSSR count). The van der Waals surface area contributed by atoms with Crippen LogP contribution in [0.15, 0.2) is 48.5 Å². The molecule has 14 heteroatoms. The van der Waals surface area contributed by atoms with Gasteiger partial charge in [-0.1, -0.05) is 67.9 Å². The van der Waals surface area contributed by atoms with Gasteiger partial charge in [0.05, 0.1) is 6.04 Å². The molecular weight excluding hydrogens is 607 g/mol. The lowest BCUT2D eigenvalue weighted by molar-refractivity contribution is -0.192. The number of likely N-dealkylation sites (N-methyl/N-ethyl adjacent to an activating group) is 1. The quantitative estimate of drug-likeness (QED) is 0.249. The summed E-state index contributed by atoms with van der Waals surface area (Å²) in [7, 11) is 1.67. The van der Waals surface area contributed by atoms with Gasteiger partial charge in [0.15, 0.2) is 0 Å². The molecule has 2 aromatic rings. The number of likely N-dealkylation sites (tertiary alicyclic amines) is 1. The van der Waals surface area contributed by atoms with Crippen LogP contribution in [0.2, 0.25) is 0 Å². The van der Waals surface area contributed by atoms with Crippen LogP contribution < -0.4 is 21.7 Å². The van der Waals surface area contributed by atoms with E-state index >= 15 is 0 Å². The maximum atomic E-state index is 13.5. The number of nitrogens with zero attached hydrogens (tertiary/aromatic N) is 1. The molecule has 1 heterocycles. The number of benzene rings is 2. The van der Waals surface area contributed by atoms with E-state index < -0.39 is 48.1 Å². The van der Waals surface area contributed by atoms with Crippen LogP contribution in [-0.2, 0) is 30.4 Å². The minimum Gasteiger partial charge on any atom is -0.475 e. The highest BCUT2D eigenvalue weighted by atomic mass is 19.4. The summed E-state index contributed by atoms with van der Waals surface area (Å²) in [6, 6.07) is 13.0. The van der Waals surface area contributed by atoms with Crippen LogP contribution in [0.5, 0.6) is 0 Å². The van der Waals surface area contributed by atoms with Crippen LogP contribution in [0.3, 0.4) is 0 Å². The normalized spacial score (nSPS) is 16.5. The minimum absolute atomic E-state index is 0.172. The largest absolute Gasteiger partial charge is 0.490 e. The van der Waals surface area contributed by atoms with E-state index in [2.05, 4.69) is 22.0 Å². The summed E-state index contributed by atoms with van der Waals surface area (Å²) >= 11 is 0. The van der Waals surface area contributed by atoms with Crippen molar-refractivity contribution in [3.8, 4) is 11.1 Å². The first kappa shape index (κ1) is 37.7. The fraction of sp³-hybridized carbons (Fsp3) is 0.469. The maximum absolute atomic E-state index is 13.5. The zero-order chi connectivity index (χ0) is 34.8. The summed E-state index contributed by atoms with van der Waals surface area (Å²) < 4.78 is 31.7. The van der Waals surface area contributed by atoms with Crippen molar-refractivity contribution < 1.29 is 42.3 Å². The fourth-order valence-corrected chi connectivity index (χ4v) is 4.83. The molecule has 4 amide bonds. The van der Waals surface area contributed by atoms with E-state index in [4.69, 9.17) is 15.6 Å². The molecular formula is C32H42F3N5O6. The van der Waals surface area contributed by atoms with Gasteiger partial charge in [-0.05, 0) is 56.3 Å². The number of alkyl halides is 3. The molecule has 6 N–H and O–H groups in total. The van der Waals surface area contributed by atoms with Crippen LogP contribution in [0.1, 0.15) is 44.7 Å². The molecule has 252 valence electrons. The average Bonchev–Trinajstić information content (AvgIpc) is 3.49. The van der Waals surface area contributed by atoms with Gasteiger partial charge < -0.3 is 31.7 Å². The number of rotatable bonds is 11. The van der Waals surface area contributed by atoms with Crippen LogP contribution in [0, 0.1) is 12.8 Å². The molecule has 0 saturated carbocycles. The number of carbonyl (C=O) groups is 5. The van der Waals surface area contributed by atoms with Crippen LogP contribution in [-0.4, -0.2) is 83.5 Å². The molecule has 4 atom stereocenters. The monoisotopic (exact) mass is 649 g/mol. The van der Waals surface area contributed by atoms with Gasteiger partial charge in [0.1, 0.15) is 18.1 Å². The smallest absolute Gasteiger partial charge is 0.475 e. The molecule has 0 bridgehead atoms. The van der Waals surface area contributed by atoms with Gasteiger partial charge in [-0.15, -0.1) is 0 Å². The van der Waals surface area contributed by atoms with Crippen molar-refractivity contribution in [1.82, 2.24) is 20.9 Å². The third-order valence-electron chi connectivity index (χ3n) is 7.52. The summed E-state index contributed by atoms with van der Waals surface area (Å²) in [5, 5.41) is 15.6. The van der Waals surface area contributed by atoms with Gasteiger partial charge in [-0.3, -0.25) is 19.2 Å². The summed E-state index contributed by atoms with van der Waals surface area (Å²) in [6.45, 7) is 7.85. The molecule has 11 nitrogen and oxygen atoms in total. The molecule has 1 aliphatic heterocycles. The number of aliphatic carboxylic acids is 1. The Bertz CT molecular complexity index is 1400. The Morgan fingerprint density at radius 1 is 1.00 bits per heavy atom. The number of aryl methyl sites for hydroxylation is 1. The Balaban J connectivity index is 0.000000942. The van der Waals surface area contributed by atoms with Gasteiger partial charge in [-0.25, -0.2) is 4.79 Å². The van der Waals surface area contributed by atoms with Gasteiger partial charge in [0.25, 0.3) is 0 Å². The Morgan fingerprint density at radius 2 is 1.59 bits per heavy atom. The molecule has 0 aromatic heterocycles. The van der Waals surface area contributed by atoms with E-state index in [9.17, 15) is 32.3 Å². The van der Waals surface area contributed by atoms with Crippen molar-refractivity contribution in [2.75, 3.05) is 13.6 Å². The number of hydrogen-bond acceptors (Lipinski definition) is 6. The number of carboxylic acids is 1. The molecule has 46 heavy (non-hydrogen) atoms. The van der Waals surface area contributed by atoms with Crippen LogP contribution in [0.25, 0.3) is 11.1 Å². The van der Waals surface area contributed by atoms with Crippen molar-refractivity contribution in [2.24, 2.45) is 11.7 Å². The summed E-state index contributed by atoms with van der Waals surface area (Å²) in [5.41, 5.74) is 9.77. The molecule has 0 spiro atoms. The minimum atomic E-state index is -5.08. The Labute approximate surface area is 266 Å². The van der Waals surface area contributed by atoms with E-state index in [0.717, 1.165) is 22.3 Å². The van der Waals surface area contributed by atoms with Crippen LogP contribution >= 0.6 is 0 Å². The van der Waals surface area contributed by atoms with Crippen molar-refractivity contribution in [3.05, 3.63) is 59.7 Å². The zero-order valence-corrected chi connectivity index (χ0v) is 26.5. The lowest BCUT2D eigenvalue weighted by Crippen LogP contribution is -2.58. The summed E-state index contributed by atoms with van der Waals surface area (Å²) in [6.07, 6.45) is -3.74. The molecule has 0 radical (unpaired) electrons. The van der Waals surface area contributed by atoms with Gasteiger partial charge in [0, 0.05) is 13.0 Å². The third kappa shape index (κ3) is 10.9. The second-order valence-corrected chi connectivity index (χ2v) is 11.5. The first-order valence-corrected chi connectivity index (χ1v) is 14.8.